The predicted octanol–water partition coefficient (Wildman–Crippen LogP) is 19.1. The zero-order chi connectivity index (χ0) is 103. The topological polar surface area (TPSA) is 155 Å². The van der Waals surface area contributed by atoms with Gasteiger partial charge in [0.1, 0.15) is 0 Å². The highest BCUT2D eigenvalue weighted by Gasteiger charge is 2.40. The van der Waals surface area contributed by atoms with Crippen LogP contribution in [0.5, 0.6) is 0 Å². The molecule has 12 atom stereocenters. The summed E-state index contributed by atoms with van der Waals surface area (Å²) in [6, 6.07) is 62.6. The summed E-state index contributed by atoms with van der Waals surface area (Å²) in [5, 5.41) is 15.3. The molecule has 25 rings (SSSR count). The number of hydrogen-bond acceptors (Lipinski definition) is 22. The lowest BCUT2D eigenvalue weighted by atomic mass is 9.89. The van der Waals surface area contributed by atoms with E-state index in [2.05, 4.69) is 307 Å². The number of nitrogens with zero attached hydrogens (tertiary/aromatic N) is 18. The van der Waals surface area contributed by atoms with Gasteiger partial charge in [-0.25, -0.2) is 0 Å². The fourth-order valence-corrected chi connectivity index (χ4v) is 29.0. The average Bonchev–Trinajstić information content (AvgIpc) is 1.57. The van der Waals surface area contributed by atoms with E-state index < -0.39 is 0 Å². The Kier molecular flexibility index (Phi) is 35.5. The van der Waals surface area contributed by atoms with Gasteiger partial charge in [0.2, 0.25) is 0 Å². The number of anilines is 5. The molecule has 0 radical (unpaired) electrons. The van der Waals surface area contributed by atoms with Crippen molar-refractivity contribution < 1.29 is 0 Å². The Morgan fingerprint density at radius 3 is 0.767 bits per heavy atom. The molecule has 15 heterocycles. The monoisotopic (exact) mass is 2020 g/mol. The molecule has 0 bridgehead atoms. The van der Waals surface area contributed by atoms with Crippen molar-refractivity contribution in [2.24, 2.45) is 0 Å². The van der Waals surface area contributed by atoms with Crippen molar-refractivity contribution in [3.63, 3.8) is 0 Å². The van der Waals surface area contributed by atoms with Gasteiger partial charge in [-0.1, -0.05) is 91.0 Å². The molecule has 150 heavy (non-hydrogen) atoms. The zero-order valence-electron chi connectivity index (χ0n) is 92.9. The molecule has 5 saturated heterocycles. The van der Waals surface area contributed by atoms with Crippen molar-refractivity contribution in [2.75, 3.05) is 193 Å². The van der Waals surface area contributed by atoms with E-state index in [1.807, 2.05) is 31.0 Å². The molecule has 800 valence electrons. The van der Waals surface area contributed by atoms with E-state index in [-0.39, 0.29) is 0 Å². The van der Waals surface area contributed by atoms with Gasteiger partial charge in [0.25, 0.3) is 0 Å². The van der Waals surface area contributed by atoms with Crippen LogP contribution in [-0.2, 0) is 96.9 Å². The van der Waals surface area contributed by atoms with E-state index in [4.69, 9.17) is 24.9 Å². The number of nitrogens with one attached hydrogen (secondary N) is 4. The van der Waals surface area contributed by atoms with Crippen molar-refractivity contribution in [1.29, 1.82) is 0 Å². The van der Waals surface area contributed by atoms with Gasteiger partial charge >= 0.3 is 0 Å². The number of likely N-dealkylation sites (N-methyl/N-ethyl adjacent to an activating group) is 8. The second-order valence-electron chi connectivity index (χ2n) is 47.8. The van der Waals surface area contributed by atoms with Gasteiger partial charge in [0.15, 0.2) is 0 Å². The molecule has 5 aliphatic carbocycles. The molecule has 5 fully saturated rings. The number of pyridine rings is 5. The van der Waals surface area contributed by atoms with Crippen LogP contribution in [0.2, 0.25) is 0 Å². The second kappa shape index (κ2) is 50.3. The smallest absolute Gasteiger partial charge is 0.0607 e. The van der Waals surface area contributed by atoms with Crippen LogP contribution in [0.15, 0.2) is 183 Å². The first kappa shape index (κ1) is 106. The van der Waals surface area contributed by atoms with E-state index in [0.29, 0.717) is 72.5 Å². The first-order valence-electron chi connectivity index (χ1n) is 58.9. The molecule has 0 amide bonds. The minimum absolute atomic E-state index is 0.447. The first-order chi connectivity index (χ1) is 73.5. The predicted molar refractivity (Wildman–Crippen MR) is 618 cm³/mol. The first-order valence-corrected chi connectivity index (χ1v) is 58.9. The summed E-state index contributed by atoms with van der Waals surface area (Å²) >= 11 is 0. The van der Waals surface area contributed by atoms with Gasteiger partial charge in [0.05, 0.1) is 58.7 Å². The van der Waals surface area contributed by atoms with Crippen molar-refractivity contribution in [2.45, 2.75) is 304 Å². The highest BCUT2D eigenvalue weighted by atomic mass is 15.3. The summed E-state index contributed by atoms with van der Waals surface area (Å²) in [4.78, 5) is 57.1. The number of benzene rings is 5. The van der Waals surface area contributed by atoms with Crippen LogP contribution < -0.4 is 45.8 Å². The summed E-state index contributed by atoms with van der Waals surface area (Å²) in [6.07, 6.45) is 48.5. The molecule has 0 spiro atoms. The minimum Gasteiger partial charge on any atom is -0.371 e. The molecule has 10 aromatic rings. The maximum absolute atomic E-state index is 4.78. The molecular formula is C128H178N22. The molecule has 22 heteroatoms. The number of piperidine rings is 3. The van der Waals surface area contributed by atoms with Crippen LogP contribution in [0.1, 0.15) is 277 Å². The lowest BCUT2D eigenvalue weighted by molar-refractivity contribution is 0.126. The Hall–Kier alpha value is -9.63. The van der Waals surface area contributed by atoms with E-state index in [1.54, 1.807) is 27.8 Å². The number of aromatic nitrogens is 5. The minimum atomic E-state index is 0.447. The van der Waals surface area contributed by atoms with E-state index in [1.165, 1.54) is 332 Å². The fraction of sp³-hybridized carbons (Fsp3) is 0.570. The molecule has 4 N–H and O–H groups in total. The SMILES string of the molecule is CN(C)[C@@H]1CCN(c2cccc3c2C[C@H](CN(C)[C@H]2CCCc4cccnc42)NC3)C1.CN(C)[C@H]1CCN(c2cccc3c2C[C@H](CN(C)[C@H]2CCCc4cccnc42)NC3)C1.CN(C[C@@H]1Cc2c(cccc2N2CCCCC2)CN1)[C@H]1CCCc2cccnc21.CN(C[C@H]1Cc2c(cccc2N2CCCCC2)CN1)[C@H]1CCCc2cccnc21.CN1Cc2cccc(N3CCCCC3)c2C[C@@H]1CN(C)[C@H]1CCCc2cccnc21. The van der Waals surface area contributed by atoms with Crippen molar-refractivity contribution in [3.05, 3.63) is 295 Å². The Morgan fingerprint density at radius 2 is 0.500 bits per heavy atom. The quantitative estimate of drug-likeness (QED) is 0.0508. The summed E-state index contributed by atoms with van der Waals surface area (Å²) in [5.74, 6) is 0. The second-order valence-corrected chi connectivity index (χ2v) is 47.8. The average molecular weight is 2020 g/mol. The maximum atomic E-state index is 4.78. The zero-order valence-corrected chi connectivity index (χ0v) is 92.9. The molecule has 0 unspecified atom stereocenters. The van der Waals surface area contributed by atoms with Crippen LogP contribution in [0.3, 0.4) is 0 Å². The summed E-state index contributed by atoms with van der Waals surface area (Å²) in [5.41, 5.74) is 36.7. The van der Waals surface area contributed by atoms with Crippen molar-refractivity contribution in [1.82, 2.24) is 85.4 Å². The van der Waals surface area contributed by atoms with Crippen LogP contribution >= 0.6 is 0 Å². The number of hydrogen-bond donors (Lipinski definition) is 4. The van der Waals surface area contributed by atoms with Gasteiger partial charge < -0.3 is 55.6 Å². The van der Waals surface area contributed by atoms with Gasteiger partial charge in [-0.05, 0) is 414 Å². The fourth-order valence-electron chi connectivity index (χ4n) is 29.0. The summed E-state index contributed by atoms with van der Waals surface area (Å²) in [6.45, 7) is 22.4. The highest BCUT2D eigenvalue weighted by Crippen LogP contribution is 2.44. The number of fused-ring (bicyclic) bond motifs is 10. The van der Waals surface area contributed by atoms with Crippen LogP contribution in [0.4, 0.5) is 28.4 Å². The Morgan fingerprint density at radius 1 is 0.253 bits per heavy atom. The standard InChI is InChI=1S/2C26H37N5.C26H36N4.2C25H34N4/c2*1-29(2)22-12-14-31(18-22)24-10-5-8-20-16-28-21(15-23(20)24)17-30(3)25-11-4-7-19-9-6-13-27-26(19)25;1-28-18-21-10-7-12-24(30-15-4-3-5-16-30)23(21)17-22(28)19-29(2)25-13-6-9-20-11-8-14-27-26(20)25;2*1-28(24-12-5-8-19-10-7-13-26-25(19)24)18-21-16-22-20(17-27-21)9-6-11-23(22)29-14-3-2-4-15-29/h2*5-6,8-10,13,21-22,25,28H,4,7,11-12,14-18H2,1-3H3;7-8,10-12,14,22,25H,3-6,9,13,15-19H2,1-2H3;2*6-7,9-11,13,21,24,27H,2-5,8,12,14-18H2,1H3/t21-,22+,25+;21-,22-,25+;22-,25+;21-,24+;21-,24-/m11110/s1. The Bertz CT molecular complexity index is 5770. The van der Waals surface area contributed by atoms with Gasteiger partial charge in [-0.3, -0.25) is 54.3 Å². The van der Waals surface area contributed by atoms with E-state index >= 15 is 0 Å². The third-order valence-electron chi connectivity index (χ3n) is 37.4. The normalized spacial score (nSPS) is 24.9. The maximum Gasteiger partial charge on any atom is 0.0607 e. The van der Waals surface area contributed by atoms with Crippen LogP contribution in [-0.4, -0.2) is 275 Å². The lowest BCUT2D eigenvalue weighted by Crippen LogP contribution is -2.46. The largest absolute Gasteiger partial charge is 0.371 e. The molecule has 22 nitrogen and oxygen atoms in total. The summed E-state index contributed by atoms with van der Waals surface area (Å²) < 4.78 is 0. The lowest BCUT2D eigenvalue weighted by Gasteiger charge is -2.41. The Balaban J connectivity index is 0.000000109. The van der Waals surface area contributed by atoms with Gasteiger partial charge in [-0.15, -0.1) is 0 Å². The van der Waals surface area contributed by atoms with Crippen LogP contribution in [0.25, 0.3) is 0 Å². The molecule has 15 aliphatic rings. The molecule has 0 saturated carbocycles. The van der Waals surface area contributed by atoms with Gasteiger partial charge in [-0.2, -0.15) is 0 Å². The molecule has 5 aromatic carbocycles. The van der Waals surface area contributed by atoms with Crippen molar-refractivity contribution >= 4 is 28.4 Å². The van der Waals surface area contributed by atoms with Crippen molar-refractivity contribution in [3.8, 4) is 0 Å². The number of aryl methyl sites for hydroxylation is 5. The summed E-state index contributed by atoms with van der Waals surface area (Å²) in [7, 11) is 22.6. The van der Waals surface area contributed by atoms with Gasteiger partial charge in [0, 0.05) is 233 Å². The van der Waals surface area contributed by atoms with E-state index in [9.17, 15) is 0 Å². The number of rotatable bonds is 22. The third kappa shape index (κ3) is 25.0. The van der Waals surface area contributed by atoms with Crippen LogP contribution in [0, 0.1) is 0 Å². The van der Waals surface area contributed by atoms with E-state index in [0.717, 1.165) is 111 Å². The Labute approximate surface area is 900 Å². The highest BCUT2D eigenvalue weighted by molar-refractivity contribution is 5.63. The third-order valence-corrected chi connectivity index (χ3v) is 37.4. The molecular weight excluding hydrogens is 1850 g/mol. The molecule has 5 aromatic heterocycles. The molecule has 10 aliphatic heterocycles.